The van der Waals surface area contributed by atoms with Crippen LogP contribution in [-0.2, 0) is 13.0 Å². The lowest BCUT2D eigenvalue weighted by molar-refractivity contribution is 0.303. The summed E-state index contributed by atoms with van der Waals surface area (Å²) in [5.74, 6) is 1.14. The Balaban J connectivity index is 2.38. The summed E-state index contributed by atoms with van der Waals surface area (Å²) in [6.07, 6.45) is 0.903. The standard InChI is InChI=1S/C10H17N5O/c1-15(4-5-16)9-7-2-3-12-6-8(7)13-10(11)14-9/h12,16H,2-6H2,1H3,(H2,11,13,14). The van der Waals surface area contributed by atoms with E-state index in [2.05, 4.69) is 15.3 Å². The van der Waals surface area contributed by atoms with Crippen LogP contribution in [-0.4, -0.2) is 41.8 Å². The van der Waals surface area contributed by atoms with Gasteiger partial charge in [0.1, 0.15) is 5.82 Å². The number of rotatable bonds is 3. The minimum atomic E-state index is 0.105. The van der Waals surface area contributed by atoms with Crippen molar-refractivity contribution in [3.05, 3.63) is 11.3 Å². The van der Waals surface area contributed by atoms with Crippen molar-refractivity contribution in [3.8, 4) is 0 Å². The smallest absolute Gasteiger partial charge is 0.222 e. The predicted octanol–water partition coefficient (Wildman–Crippen LogP) is -0.867. The third-order valence-corrected chi connectivity index (χ3v) is 2.73. The van der Waals surface area contributed by atoms with E-state index in [1.807, 2.05) is 11.9 Å². The lowest BCUT2D eigenvalue weighted by Gasteiger charge is -2.24. The maximum atomic E-state index is 8.94. The Morgan fingerprint density at radius 1 is 1.50 bits per heavy atom. The first-order chi connectivity index (χ1) is 7.72. The van der Waals surface area contributed by atoms with Gasteiger partial charge in [-0.2, -0.15) is 4.98 Å². The Hall–Kier alpha value is -1.40. The molecule has 1 aromatic heterocycles. The Kier molecular flexibility index (Phi) is 3.21. The van der Waals surface area contributed by atoms with E-state index in [1.54, 1.807) is 0 Å². The van der Waals surface area contributed by atoms with Gasteiger partial charge in [-0.25, -0.2) is 4.98 Å². The van der Waals surface area contributed by atoms with E-state index in [9.17, 15) is 0 Å². The van der Waals surface area contributed by atoms with Crippen molar-refractivity contribution in [2.45, 2.75) is 13.0 Å². The van der Waals surface area contributed by atoms with Gasteiger partial charge in [0.05, 0.1) is 12.3 Å². The first-order valence-corrected chi connectivity index (χ1v) is 5.40. The first kappa shape index (κ1) is 11.1. The summed E-state index contributed by atoms with van der Waals surface area (Å²) in [4.78, 5) is 10.4. The van der Waals surface area contributed by atoms with Gasteiger partial charge in [0.25, 0.3) is 0 Å². The number of nitrogens with two attached hydrogens (primary N) is 1. The number of nitrogen functional groups attached to an aromatic ring is 1. The number of hydrogen-bond donors (Lipinski definition) is 3. The molecule has 0 bridgehead atoms. The average molecular weight is 223 g/mol. The highest BCUT2D eigenvalue weighted by atomic mass is 16.3. The summed E-state index contributed by atoms with van der Waals surface area (Å²) < 4.78 is 0. The third kappa shape index (κ3) is 2.07. The molecule has 0 aliphatic carbocycles. The molecule has 1 aromatic rings. The molecule has 6 nitrogen and oxygen atoms in total. The number of nitrogens with zero attached hydrogens (tertiary/aromatic N) is 3. The molecule has 0 atom stereocenters. The second-order valence-electron chi connectivity index (χ2n) is 3.90. The molecular formula is C10H17N5O. The summed E-state index contributed by atoms with van der Waals surface area (Å²) in [6.45, 7) is 2.33. The Morgan fingerprint density at radius 3 is 3.06 bits per heavy atom. The van der Waals surface area contributed by atoms with E-state index in [4.69, 9.17) is 10.8 Å². The fourth-order valence-electron chi connectivity index (χ4n) is 1.93. The number of aliphatic hydroxyl groups is 1. The molecule has 1 aliphatic rings. The molecular weight excluding hydrogens is 206 g/mol. The zero-order valence-electron chi connectivity index (χ0n) is 9.40. The van der Waals surface area contributed by atoms with Crippen molar-refractivity contribution in [1.82, 2.24) is 15.3 Å². The van der Waals surface area contributed by atoms with E-state index in [1.165, 1.54) is 0 Å². The van der Waals surface area contributed by atoms with Gasteiger partial charge in [-0.05, 0) is 13.0 Å². The maximum absolute atomic E-state index is 8.94. The molecule has 2 heterocycles. The minimum Gasteiger partial charge on any atom is -0.395 e. The summed E-state index contributed by atoms with van der Waals surface area (Å²) in [7, 11) is 1.90. The zero-order chi connectivity index (χ0) is 11.5. The number of nitrogens with one attached hydrogen (secondary N) is 1. The molecule has 0 saturated heterocycles. The third-order valence-electron chi connectivity index (χ3n) is 2.73. The number of aliphatic hydroxyl groups excluding tert-OH is 1. The van der Waals surface area contributed by atoms with Gasteiger partial charge < -0.3 is 21.1 Å². The van der Waals surface area contributed by atoms with Gasteiger partial charge in [0, 0.05) is 25.7 Å². The van der Waals surface area contributed by atoms with Crippen molar-refractivity contribution in [1.29, 1.82) is 0 Å². The van der Waals surface area contributed by atoms with Crippen LogP contribution in [0.4, 0.5) is 11.8 Å². The van der Waals surface area contributed by atoms with Gasteiger partial charge in [0.15, 0.2) is 0 Å². The lowest BCUT2D eigenvalue weighted by Crippen LogP contribution is -2.30. The SMILES string of the molecule is CN(CCO)c1nc(N)nc2c1CCNC2. The summed E-state index contributed by atoms with van der Waals surface area (Å²) in [6, 6.07) is 0. The molecule has 4 N–H and O–H groups in total. The maximum Gasteiger partial charge on any atom is 0.222 e. The fourth-order valence-corrected chi connectivity index (χ4v) is 1.93. The van der Waals surface area contributed by atoms with Crippen LogP contribution < -0.4 is 16.0 Å². The van der Waals surface area contributed by atoms with Gasteiger partial charge in [-0.3, -0.25) is 0 Å². The van der Waals surface area contributed by atoms with Crippen LogP contribution in [0, 0.1) is 0 Å². The normalized spacial score (nSPS) is 14.6. The van der Waals surface area contributed by atoms with Gasteiger partial charge in [0.2, 0.25) is 5.95 Å². The average Bonchev–Trinajstić information content (AvgIpc) is 2.28. The van der Waals surface area contributed by atoms with E-state index < -0.39 is 0 Å². The molecule has 0 amide bonds. The fraction of sp³-hybridized carbons (Fsp3) is 0.600. The molecule has 1 aliphatic heterocycles. The molecule has 88 valence electrons. The van der Waals surface area contributed by atoms with Crippen molar-refractivity contribution < 1.29 is 5.11 Å². The molecule has 6 heteroatoms. The monoisotopic (exact) mass is 223 g/mol. The molecule has 0 radical (unpaired) electrons. The molecule has 0 saturated carbocycles. The minimum absolute atomic E-state index is 0.105. The number of anilines is 2. The second-order valence-corrected chi connectivity index (χ2v) is 3.90. The van der Waals surface area contributed by atoms with E-state index in [0.29, 0.717) is 12.5 Å². The molecule has 0 spiro atoms. The number of fused-ring (bicyclic) bond motifs is 1. The van der Waals surface area contributed by atoms with Crippen LogP contribution in [0.5, 0.6) is 0 Å². The van der Waals surface area contributed by atoms with Crippen LogP contribution in [0.2, 0.25) is 0 Å². The van der Waals surface area contributed by atoms with E-state index >= 15 is 0 Å². The van der Waals surface area contributed by atoms with Crippen LogP contribution in [0.1, 0.15) is 11.3 Å². The van der Waals surface area contributed by atoms with Gasteiger partial charge in [-0.15, -0.1) is 0 Å². The number of aromatic nitrogens is 2. The Morgan fingerprint density at radius 2 is 2.31 bits per heavy atom. The lowest BCUT2D eigenvalue weighted by atomic mass is 10.1. The van der Waals surface area contributed by atoms with Crippen molar-refractivity contribution >= 4 is 11.8 Å². The van der Waals surface area contributed by atoms with Crippen LogP contribution in [0.15, 0.2) is 0 Å². The Labute approximate surface area is 94.5 Å². The molecule has 0 fully saturated rings. The Bertz CT molecular complexity index is 382. The first-order valence-electron chi connectivity index (χ1n) is 5.40. The van der Waals surface area contributed by atoms with Crippen molar-refractivity contribution in [2.24, 2.45) is 0 Å². The number of hydrogen-bond acceptors (Lipinski definition) is 6. The van der Waals surface area contributed by atoms with Crippen molar-refractivity contribution in [3.63, 3.8) is 0 Å². The topological polar surface area (TPSA) is 87.3 Å². The second kappa shape index (κ2) is 4.63. The van der Waals surface area contributed by atoms with E-state index in [0.717, 1.165) is 36.6 Å². The summed E-state index contributed by atoms with van der Waals surface area (Å²) in [5.41, 5.74) is 7.79. The summed E-state index contributed by atoms with van der Waals surface area (Å²) >= 11 is 0. The molecule has 2 rings (SSSR count). The largest absolute Gasteiger partial charge is 0.395 e. The highest BCUT2D eigenvalue weighted by molar-refractivity contribution is 5.52. The quantitative estimate of drug-likeness (QED) is 0.617. The predicted molar refractivity (Wildman–Crippen MR) is 62.2 cm³/mol. The van der Waals surface area contributed by atoms with Crippen LogP contribution >= 0.6 is 0 Å². The van der Waals surface area contributed by atoms with Crippen LogP contribution in [0.25, 0.3) is 0 Å². The van der Waals surface area contributed by atoms with E-state index in [-0.39, 0.29) is 6.61 Å². The van der Waals surface area contributed by atoms with Gasteiger partial charge in [-0.1, -0.05) is 0 Å². The highest BCUT2D eigenvalue weighted by Gasteiger charge is 2.18. The molecule has 16 heavy (non-hydrogen) atoms. The molecule has 0 aromatic carbocycles. The van der Waals surface area contributed by atoms with Gasteiger partial charge >= 0.3 is 0 Å². The zero-order valence-corrected chi connectivity index (χ0v) is 9.40. The van der Waals surface area contributed by atoms with Crippen LogP contribution in [0.3, 0.4) is 0 Å². The van der Waals surface area contributed by atoms with Crippen molar-refractivity contribution in [2.75, 3.05) is 37.4 Å². The summed E-state index contributed by atoms with van der Waals surface area (Å²) in [5, 5.41) is 12.2. The highest BCUT2D eigenvalue weighted by Crippen LogP contribution is 2.23. The molecule has 0 unspecified atom stereocenters. The number of likely N-dealkylation sites (N-methyl/N-ethyl adjacent to an activating group) is 1.